The van der Waals surface area contributed by atoms with Crippen molar-refractivity contribution in [1.82, 2.24) is 0 Å². The molecular formula is C18H11BrCl2O3. The van der Waals surface area contributed by atoms with E-state index in [1.54, 1.807) is 42.5 Å². The minimum atomic E-state index is -0.421. The summed E-state index contributed by atoms with van der Waals surface area (Å²) in [6, 6.07) is 15.8. The van der Waals surface area contributed by atoms with Gasteiger partial charge in [-0.15, -0.1) is 0 Å². The van der Waals surface area contributed by atoms with Crippen molar-refractivity contribution in [3.63, 3.8) is 0 Å². The van der Waals surface area contributed by atoms with Gasteiger partial charge < -0.3 is 9.15 Å². The molecule has 2 aromatic carbocycles. The average Bonchev–Trinajstić information content (AvgIpc) is 3.04. The molecule has 0 aliphatic heterocycles. The molecule has 122 valence electrons. The van der Waals surface area contributed by atoms with Crippen LogP contribution in [0.2, 0.25) is 10.0 Å². The molecule has 3 aromatic rings. The van der Waals surface area contributed by atoms with E-state index in [1.807, 2.05) is 12.1 Å². The Hall–Kier alpha value is -1.75. The van der Waals surface area contributed by atoms with Crippen LogP contribution in [-0.4, -0.2) is 5.97 Å². The van der Waals surface area contributed by atoms with Gasteiger partial charge in [0.25, 0.3) is 0 Å². The molecule has 0 saturated heterocycles. The van der Waals surface area contributed by atoms with E-state index in [4.69, 9.17) is 32.4 Å². The van der Waals surface area contributed by atoms with Crippen LogP contribution in [0, 0.1) is 0 Å². The summed E-state index contributed by atoms with van der Waals surface area (Å²) in [5, 5.41) is 0.874. The average molecular weight is 426 g/mol. The lowest BCUT2D eigenvalue weighted by atomic mass is 10.2. The van der Waals surface area contributed by atoms with Crippen LogP contribution >= 0.6 is 39.1 Å². The number of ether oxygens (including phenoxy) is 1. The number of carbonyl (C=O) groups is 1. The second-order valence-corrected chi connectivity index (χ2v) is 6.65. The summed E-state index contributed by atoms with van der Waals surface area (Å²) >= 11 is 15.5. The molecule has 0 atom stereocenters. The Morgan fingerprint density at radius 3 is 2.67 bits per heavy atom. The Balaban J connectivity index is 1.70. The van der Waals surface area contributed by atoms with Crippen LogP contribution in [0.4, 0.5) is 0 Å². The third-order valence-corrected chi connectivity index (χ3v) is 4.60. The van der Waals surface area contributed by atoms with E-state index in [-0.39, 0.29) is 6.61 Å². The van der Waals surface area contributed by atoms with E-state index in [9.17, 15) is 4.79 Å². The number of benzene rings is 2. The van der Waals surface area contributed by atoms with Gasteiger partial charge >= 0.3 is 5.97 Å². The van der Waals surface area contributed by atoms with Crippen LogP contribution in [0.3, 0.4) is 0 Å². The van der Waals surface area contributed by atoms with Crippen molar-refractivity contribution in [3.8, 4) is 11.3 Å². The number of esters is 1. The zero-order valence-corrected chi connectivity index (χ0v) is 15.4. The molecule has 1 aromatic heterocycles. The summed E-state index contributed by atoms with van der Waals surface area (Å²) in [4.78, 5) is 12.0. The van der Waals surface area contributed by atoms with Crippen LogP contribution in [0.15, 0.2) is 63.5 Å². The maximum absolute atomic E-state index is 12.0. The highest BCUT2D eigenvalue weighted by atomic mass is 79.9. The van der Waals surface area contributed by atoms with Crippen LogP contribution in [0.5, 0.6) is 0 Å². The second kappa shape index (κ2) is 7.43. The standard InChI is InChI=1S/C18H11BrCl2O3/c19-12-4-1-3-11(9-12)18(22)23-10-13-7-8-16(24-13)14-5-2-6-15(20)17(14)21/h1-9H,10H2. The van der Waals surface area contributed by atoms with Crippen molar-refractivity contribution in [3.05, 3.63) is 80.4 Å². The third kappa shape index (κ3) is 3.83. The Bertz CT molecular complexity index is 889. The topological polar surface area (TPSA) is 39.4 Å². The number of hydrogen-bond donors (Lipinski definition) is 0. The van der Waals surface area contributed by atoms with Gasteiger partial charge in [-0.05, 0) is 42.5 Å². The Morgan fingerprint density at radius 1 is 1.08 bits per heavy atom. The first kappa shape index (κ1) is 17.1. The van der Waals surface area contributed by atoms with Gasteiger partial charge in [-0.3, -0.25) is 0 Å². The third-order valence-electron chi connectivity index (χ3n) is 3.28. The zero-order valence-electron chi connectivity index (χ0n) is 12.3. The van der Waals surface area contributed by atoms with Gasteiger partial charge in [-0.2, -0.15) is 0 Å². The number of halogens is 3. The van der Waals surface area contributed by atoms with Crippen LogP contribution < -0.4 is 0 Å². The molecule has 3 rings (SSSR count). The summed E-state index contributed by atoms with van der Waals surface area (Å²) in [5.41, 5.74) is 1.16. The van der Waals surface area contributed by atoms with Gasteiger partial charge in [0.15, 0.2) is 0 Å². The monoisotopic (exact) mass is 424 g/mol. The molecule has 0 radical (unpaired) electrons. The summed E-state index contributed by atoms with van der Waals surface area (Å²) in [7, 11) is 0. The van der Waals surface area contributed by atoms with Crippen LogP contribution in [0.1, 0.15) is 16.1 Å². The smallest absolute Gasteiger partial charge is 0.338 e. The van der Waals surface area contributed by atoms with Gasteiger partial charge in [0.2, 0.25) is 0 Å². The first-order valence-corrected chi connectivity index (χ1v) is 8.55. The highest BCUT2D eigenvalue weighted by molar-refractivity contribution is 9.10. The SMILES string of the molecule is O=C(OCc1ccc(-c2cccc(Cl)c2Cl)o1)c1cccc(Br)c1. The van der Waals surface area contributed by atoms with E-state index < -0.39 is 5.97 Å². The summed E-state index contributed by atoms with van der Waals surface area (Å²) in [6.07, 6.45) is 0. The zero-order chi connectivity index (χ0) is 17.1. The van der Waals surface area contributed by atoms with E-state index in [2.05, 4.69) is 15.9 Å². The number of furan rings is 1. The molecule has 1 heterocycles. The van der Waals surface area contributed by atoms with Crippen molar-refractivity contribution in [1.29, 1.82) is 0 Å². The lowest BCUT2D eigenvalue weighted by molar-refractivity contribution is 0.0446. The van der Waals surface area contributed by atoms with E-state index in [1.165, 1.54) is 0 Å². The fourth-order valence-electron chi connectivity index (χ4n) is 2.13. The molecule has 0 saturated carbocycles. The second-order valence-electron chi connectivity index (χ2n) is 4.95. The van der Waals surface area contributed by atoms with E-state index in [0.29, 0.717) is 32.7 Å². The minimum Gasteiger partial charge on any atom is -0.457 e. The van der Waals surface area contributed by atoms with Crippen molar-refractivity contribution in [2.75, 3.05) is 0 Å². The normalized spacial score (nSPS) is 10.6. The number of hydrogen-bond acceptors (Lipinski definition) is 3. The molecule has 0 fully saturated rings. The molecular weight excluding hydrogens is 415 g/mol. The molecule has 0 aliphatic rings. The lowest BCUT2D eigenvalue weighted by Gasteiger charge is -2.04. The van der Waals surface area contributed by atoms with Gasteiger partial charge in [-0.1, -0.05) is 51.3 Å². The maximum atomic E-state index is 12.0. The van der Waals surface area contributed by atoms with Gasteiger partial charge in [-0.25, -0.2) is 4.79 Å². The van der Waals surface area contributed by atoms with E-state index in [0.717, 1.165) is 4.47 Å². The van der Waals surface area contributed by atoms with Gasteiger partial charge in [0.1, 0.15) is 18.1 Å². The predicted octanol–water partition coefficient (Wildman–Crippen LogP) is 6.37. The Labute approximate surface area is 157 Å². The summed E-state index contributed by atoms with van der Waals surface area (Å²) < 4.78 is 11.8. The number of rotatable bonds is 4. The predicted molar refractivity (Wildman–Crippen MR) is 97.4 cm³/mol. The lowest BCUT2D eigenvalue weighted by Crippen LogP contribution is -2.04. The van der Waals surface area contributed by atoms with Crippen molar-refractivity contribution in [2.45, 2.75) is 6.61 Å². The highest BCUT2D eigenvalue weighted by Gasteiger charge is 2.13. The Morgan fingerprint density at radius 2 is 1.88 bits per heavy atom. The largest absolute Gasteiger partial charge is 0.457 e. The van der Waals surface area contributed by atoms with Crippen LogP contribution in [-0.2, 0) is 11.3 Å². The molecule has 0 unspecified atom stereocenters. The van der Waals surface area contributed by atoms with Crippen molar-refractivity contribution < 1.29 is 13.9 Å². The van der Waals surface area contributed by atoms with E-state index >= 15 is 0 Å². The molecule has 0 bridgehead atoms. The van der Waals surface area contributed by atoms with Crippen molar-refractivity contribution >= 4 is 45.1 Å². The molecule has 0 amide bonds. The molecule has 24 heavy (non-hydrogen) atoms. The van der Waals surface area contributed by atoms with Gasteiger partial charge in [0, 0.05) is 10.0 Å². The first-order valence-electron chi connectivity index (χ1n) is 7.00. The van der Waals surface area contributed by atoms with Gasteiger partial charge in [0.05, 0.1) is 15.6 Å². The first-order chi connectivity index (χ1) is 11.5. The molecule has 6 heteroatoms. The maximum Gasteiger partial charge on any atom is 0.338 e. The fourth-order valence-corrected chi connectivity index (χ4v) is 2.92. The molecule has 3 nitrogen and oxygen atoms in total. The molecule has 0 N–H and O–H groups in total. The summed E-state index contributed by atoms with van der Waals surface area (Å²) in [6.45, 7) is 0.0313. The quantitative estimate of drug-likeness (QED) is 0.455. The fraction of sp³-hybridized carbons (Fsp3) is 0.0556. The van der Waals surface area contributed by atoms with Crippen LogP contribution in [0.25, 0.3) is 11.3 Å². The highest BCUT2D eigenvalue weighted by Crippen LogP contribution is 2.34. The van der Waals surface area contributed by atoms with Crippen molar-refractivity contribution in [2.24, 2.45) is 0 Å². The molecule has 0 aliphatic carbocycles. The number of carbonyl (C=O) groups excluding carboxylic acids is 1. The molecule has 0 spiro atoms. The minimum absolute atomic E-state index is 0.0313. The Kier molecular flexibility index (Phi) is 5.29. The summed E-state index contributed by atoms with van der Waals surface area (Å²) in [5.74, 6) is 0.662.